The fourth-order valence-corrected chi connectivity index (χ4v) is 4.69. The van der Waals surface area contributed by atoms with Gasteiger partial charge in [-0.25, -0.2) is 9.18 Å². The van der Waals surface area contributed by atoms with Crippen LogP contribution in [-0.4, -0.2) is 48.6 Å². The van der Waals surface area contributed by atoms with Gasteiger partial charge in [0.05, 0.1) is 18.4 Å². The first kappa shape index (κ1) is 23.9. The molecule has 1 saturated heterocycles. The van der Waals surface area contributed by atoms with E-state index in [1.807, 2.05) is 11.5 Å². The number of ether oxygens (including phenoxy) is 1. The van der Waals surface area contributed by atoms with E-state index >= 15 is 0 Å². The molecule has 0 saturated carbocycles. The summed E-state index contributed by atoms with van der Waals surface area (Å²) in [5.41, 5.74) is 4.98. The molecule has 2 aromatic heterocycles. The number of thioether (sulfide) groups is 1. The molecule has 1 aromatic carbocycles. The lowest BCUT2D eigenvalue weighted by Gasteiger charge is -2.15. The van der Waals surface area contributed by atoms with E-state index in [9.17, 15) is 18.8 Å². The molecule has 180 valence electrons. The molecule has 12 heteroatoms. The molecular formula is C22H25FN6O4S. The number of aromatic nitrogens is 5. The van der Waals surface area contributed by atoms with Crippen molar-refractivity contribution in [3.8, 4) is 11.4 Å². The van der Waals surface area contributed by atoms with Gasteiger partial charge in [0, 0.05) is 18.7 Å². The van der Waals surface area contributed by atoms with E-state index in [1.54, 1.807) is 12.1 Å². The Kier molecular flexibility index (Phi) is 7.27. The second-order valence-electron chi connectivity index (χ2n) is 7.94. The molecule has 1 atom stereocenters. The van der Waals surface area contributed by atoms with Crippen LogP contribution in [0.25, 0.3) is 11.4 Å². The quantitative estimate of drug-likeness (QED) is 0.345. The lowest BCUT2D eigenvalue weighted by molar-refractivity contribution is 0.0953. The normalized spacial score (nSPS) is 15.6. The molecule has 4 rings (SSSR count). The minimum absolute atomic E-state index is 0.0265. The Morgan fingerprint density at radius 3 is 2.71 bits per heavy atom. The van der Waals surface area contributed by atoms with Crippen molar-refractivity contribution in [2.45, 2.75) is 50.5 Å². The predicted molar refractivity (Wildman–Crippen MR) is 125 cm³/mol. The fraction of sp³-hybridized carbons (Fsp3) is 0.409. The number of benzene rings is 1. The highest BCUT2D eigenvalue weighted by atomic mass is 32.2. The van der Waals surface area contributed by atoms with Gasteiger partial charge < -0.3 is 10.5 Å². The second-order valence-corrected chi connectivity index (χ2v) is 8.88. The van der Waals surface area contributed by atoms with Gasteiger partial charge in [0.15, 0.2) is 16.8 Å². The first-order chi connectivity index (χ1) is 16.4. The molecule has 0 radical (unpaired) electrons. The highest BCUT2D eigenvalue weighted by molar-refractivity contribution is 7.99. The number of carbonyl (C=O) groups excluding carboxylic acids is 1. The first-order valence-corrected chi connectivity index (χ1v) is 12.0. The van der Waals surface area contributed by atoms with Crippen molar-refractivity contribution in [1.82, 2.24) is 24.3 Å². The Labute approximate surface area is 198 Å². The minimum Gasteiger partial charge on any atom is -0.384 e. The van der Waals surface area contributed by atoms with Crippen molar-refractivity contribution in [1.29, 1.82) is 0 Å². The summed E-state index contributed by atoms with van der Waals surface area (Å²) in [6.45, 7) is 3.29. The van der Waals surface area contributed by atoms with Gasteiger partial charge in [-0.05, 0) is 43.5 Å². The van der Waals surface area contributed by atoms with Crippen LogP contribution in [0.2, 0.25) is 0 Å². The van der Waals surface area contributed by atoms with Crippen molar-refractivity contribution in [3.05, 3.63) is 56.5 Å². The maximum Gasteiger partial charge on any atom is 0.329 e. The average molecular weight is 489 g/mol. The number of aromatic amines is 1. The van der Waals surface area contributed by atoms with Gasteiger partial charge in [0.2, 0.25) is 0 Å². The summed E-state index contributed by atoms with van der Waals surface area (Å²) in [4.78, 5) is 39.5. The monoisotopic (exact) mass is 488 g/mol. The standard InChI is InChI=1S/C22H25FN6O4S/c1-2-9-28-18(24)17(20(31)25-21(28)32)16(30)12-34-22-27-26-19(13-5-7-14(23)8-6-13)29(22)11-15-4-3-10-33-15/h5-8,15H,2-4,9-12,24H2,1H3,(H,25,31,32)/t15-/m1/s1. The van der Waals surface area contributed by atoms with Crippen LogP contribution in [0.5, 0.6) is 0 Å². The number of nitrogens with one attached hydrogen (secondary N) is 1. The zero-order chi connectivity index (χ0) is 24.2. The van der Waals surface area contributed by atoms with E-state index in [0.717, 1.165) is 24.6 Å². The Morgan fingerprint density at radius 2 is 2.03 bits per heavy atom. The van der Waals surface area contributed by atoms with Gasteiger partial charge in [-0.2, -0.15) is 0 Å². The van der Waals surface area contributed by atoms with E-state index < -0.39 is 17.0 Å². The lowest BCUT2D eigenvalue weighted by Crippen LogP contribution is -2.36. The minimum atomic E-state index is -0.812. The van der Waals surface area contributed by atoms with E-state index in [4.69, 9.17) is 10.5 Å². The Hall–Kier alpha value is -3.25. The third-order valence-electron chi connectivity index (χ3n) is 5.53. The van der Waals surface area contributed by atoms with E-state index in [0.29, 0.717) is 36.1 Å². The average Bonchev–Trinajstić information content (AvgIpc) is 3.46. The number of ketones is 1. The van der Waals surface area contributed by atoms with Gasteiger partial charge >= 0.3 is 5.69 Å². The number of carbonyl (C=O) groups is 1. The summed E-state index contributed by atoms with van der Waals surface area (Å²) in [5.74, 6) is -0.636. The summed E-state index contributed by atoms with van der Waals surface area (Å²) >= 11 is 1.11. The molecule has 0 bridgehead atoms. The molecule has 1 aliphatic rings. The Balaban J connectivity index is 1.61. The molecule has 3 aromatic rings. The highest BCUT2D eigenvalue weighted by Crippen LogP contribution is 2.27. The summed E-state index contributed by atoms with van der Waals surface area (Å²) in [7, 11) is 0. The van der Waals surface area contributed by atoms with Crippen LogP contribution in [0.1, 0.15) is 36.5 Å². The van der Waals surface area contributed by atoms with Crippen LogP contribution < -0.4 is 17.0 Å². The molecule has 0 aliphatic carbocycles. The maximum absolute atomic E-state index is 13.4. The predicted octanol–water partition coefficient (Wildman–Crippen LogP) is 2.08. The zero-order valence-corrected chi connectivity index (χ0v) is 19.4. The van der Waals surface area contributed by atoms with Crippen LogP contribution in [0.15, 0.2) is 39.0 Å². The lowest BCUT2D eigenvalue weighted by atomic mass is 10.2. The molecule has 10 nitrogen and oxygen atoms in total. The highest BCUT2D eigenvalue weighted by Gasteiger charge is 2.24. The van der Waals surface area contributed by atoms with E-state index in [-0.39, 0.29) is 35.6 Å². The molecule has 1 fully saturated rings. The van der Waals surface area contributed by atoms with E-state index in [2.05, 4.69) is 15.2 Å². The molecule has 3 N–H and O–H groups in total. The number of hydrogen-bond acceptors (Lipinski definition) is 8. The molecule has 3 heterocycles. The molecule has 0 spiro atoms. The number of hydrogen-bond donors (Lipinski definition) is 2. The van der Waals surface area contributed by atoms with Crippen molar-refractivity contribution in [3.63, 3.8) is 0 Å². The number of nitrogen functional groups attached to an aromatic ring is 1. The van der Waals surface area contributed by atoms with Crippen LogP contribution in [0, 0.1) is 5.82 Å². The largest absolute Gasteiger partial charge is 0.384 e. The molecule has 0 amide bonds. The fourth-order valence-electron chi connectivity index (χ4n) is 3.87. The number of nitrogens with two attached hydrogens (primary N) is 1. The summed E-state index contributed by atoms with van der Waals surface area (Å²) in [5, 5.41) is 8.95. The van der Waals surface area contributed by atoms with Crippen LogP contribution in [0.4, 0.5) is 10.2 Å². The third kappa shape index (κ3) is 4.97. The van der Waals surface area contributed by atoms with Gasteiger partial charge in [0.1, 0.15) is 17.2 Å². The topological polar surface area (TPSA) is 138 Å². The van der Waals surface area contributed by atoms with Crippen LogP contribution in [0.3, 0.4) is 0 Å². The number of nitrogens with zero attached hydrogens (tertiary/aromatic N) is 4. The zero-order valence-electron chi connectivity index (χ0n) is 18.6. The number of rotatable bonds is 9. The van der Waals surface area contributed by atoms with Crippen molar-refractivity contribution >= 4 is 23.4 Å². The van der Waals surface area contributed by atoms with Gasteiger partial charge in [0.25, 0.3) is 5.56 Å². The molecule has 0 unspecified atom stereocenters. The first-order valence-electron chi connectivity index (χ1n) is 11.0. The van der Waals surface area contributed by atoms with Crippen molar-refractivity contribution < 1.29 is 13.9 Å². The van der Waals surface area contributed by atoms with Crippen LogP contribution >= 0.6 is 11.8 Å². The summed E-state index contributed by atoms with van der Waals surface area (Å²) in [6, 6.07) is 5.92. The van der Waals surface area contributed by atoms with Crippen molar-refractivity contribution in [2.24, 2.45) is 0 Å². The second kappa shape index (κ2) is 10.3. The number of anilines is 1. The number of H-pyrrole nitrogens is 1. The van der Waals surface area contributed by atoms with Gasteiger partial charge in [-0.15, -0.1) is 10.2 Å². The molecule has 34 heavy (non-hydrogen) atoms. The smallest absolute Gasteiger partial charge is 0.329 e. The van der Waals surface area contributed by atoms with Crippen molar-refractivity contribution in [2.75, 3.05) is 18.1 Å². The number of Topliss-reactive ketones (excluding diaryl/α,β-unsaturated/α-hetero) is 1. The summed E-state index contributed by atoms with van der Waals surface area (Å²) in [6.07, 6.45) is 2.42. The number of halogens is 1. The Bertz CT molecular complexity index is 1290. The maximum atomic E-state index is 13.4. The SMILES string of the molecule is CCCn1c(N)c(C(=O)CSc2nnc(-c3ccc(F)cc3)n2C[C@H]2CCCO2)c(=O)[nH]c1=O. The van der Waals surface area contributed by atoms with E-state index in [1.165, 1.54) is 16.7 Å². The Morgan fingerprint density at radius 1 is 1.26 bits per heavy atom. The van der Waals surface area contributed by atoms with Crippen LogP contribution in [-0.2, 0) is 17.8 Å². The van der Waals surface area contributed by atoms with Gasteiger partial charge in [-0.1, -0.05) is 18.7 Å². The van der Waals surface area contributed by atoms with Gasteiger partial charge in [-0.3, -0.25) is 23.7 Å². The molecule has 1 aliphatic heterocycles. The third-order valence-corrected chi connectivity index (χ3v) is 6.49. The summed E-state index contributed by atoms with van der Waals surface area (Å²) < 4.78 is 22.2. The molecular weight excluding hydrogens is 463 g/mol.